The summed E-state index contributed by atoms with van der Waals surface area (Å²) in [5.74, 6) is 0. The van der Waals surface area contributed by atoms with Crippen LogP contribution in [-0.2, 0) is 0 Å². The molecule has 0 aliphatic heterocycles. The van der Waals surface area contributed by atoms with Crippen LogP contribution in [0, 0.1) is 0 Å². The highest BCUT2D eigenvalue weighted by molar-refractivity contribution is 14.0. The minimum Gasteiger partial charge on any atom is -0.107 e. The van der Waals surface area contributed by atoms with Gasteiger partial charge in [0.15, 0.2) is 0 Å². The summed E-state index contributed by atoms with van der Waals surface area (Å²) in [7, 11) is 0. The van der Waals surface area contributed by atoms with Gasteiger partial charge in [-0.2, -0.15) is 0 Å². The molecule has 0 aromatic carbocycles. The Morgan fingerprint density at radius 2 is 0.600 bits per heavy atom. The van der Waals surface area contributed by atoms with Gasteiger partial charge in [0, 0.05) is 0 Å². The van der Waals surface area contributed by atoms with E-state index in [0.717, 1.165) is 0 Å². The highest BCUT2D eigenvalue weighted by atomic mass is 127. The molecule has 0 bridgehead atoms. The molecule has 10 heavy (non-hydrogen) atoms. The van der Waals surface area contributed by atoms with Gasteiger partial charge in [0.2, 0.25) is 0 Å². The largest absolute Gasteiger partial charge is 0.107 e. The molecule has 0 N–H and O–H groups in total. The average molecular weight is 372 g/mol. The van der Waals surface area contributed by atoms with Gasteiger partial charge in [-0.1, -0.05) is 53.4 Å². The van der Waals surface area contributed by atoms with Crippen molar-refractivity contribution in [1.29, 1.82) is 0 Å². The summed E-state index contributed by atoms with van der Waals surface area (Å²) in [6, 6.07) is 0. The molecule has 0 unspecified atom stereocenters. The molecule has 0 nitrogen and oxygen atoms in total. The lowest BCUT2D eigenvalue weighted by Gasteiger charge is -1.68. The summed E-state index contributed by atoms with van der Waals surface area (Å²) in [5.41, 5.74) is 0. The van der Waals surface area contributed by atoms with Crippen molar-refractivity contribution in [2.75, 3.05) is 0 Å². The summed E-state index contributed by atoms with van der Waals surface area (Å²) >= 11 is 0. The van der Waals surface area contributed by atoms with Gasteiger partial charge in [0.05, 0.1) is 0 Å². The van der Waals surface area contributed by atoms with E-state index in [9.17, 15) is 0 Å². The molecule has 0 aliphatic carbocycles. The van der Waals surface area contributed by atoms with Gasteiger partial charge in [-0.05, 0) is 0 Å². The maximum atomic E-state index is 2.18. The Kier molecular flexibility index (Phi) is 70.7. The van der Waals surface area contributed by atoms with Crippen LogP contribution in [0.2, 0.25) is 0 Å². The monoisotopic (exact) mass is 372 g/mol. The van der Waals surface area contributed by atoms with Crippen molar-refractivity contribution in [2.24, 2.45) is 0 Å². The predicted molar refractivity (Wildman–Crippen MR) is 72.0 cm³/mol. The van der Waals surface area contributed by atoms with Gasteiger partial charge in [-0.3, -0.25) is 0 Å². The molecule has 2 heteroatoms. The average Bonchev–Trinajstić information content (AvgIpc) is 1.88. The summed E-state index contributed by atoms with van der Waals surface area (Å²) in [6.07, 6.45) is 5.28. The summed E-state index contributed by atoms with van der Waals surface area (Å²) < 4.78 is 0. The zero-order valence-electron chi connectivity index (χ0n) is 7.64. The van der Waals surface area contributed by atoms with Gasteiger partial charge < -0.3 is 0 Å². The second-order valence-corrected chi connectivity index (χ2v) is 2.00. The van der Waals surface area contributed by atoms with Crippen molar-refractivity contribution in [3.63, 3.8) is 0 Å². The van der Waals surface area contributed by atoms with Crippen molar-refractivity contribution < 1.29 is 0 Å². The Morgan fingerprint density at radius 1 is 0.500 bits per heavy atom. The Bertz CT molecular complexity index is 15.2. The lowest BCUT2D eigenvalue weighted by molar-refractivity contribution is 0.886. The summed E-state index contributed by atoms with van der Waals surface area (Å²) in [4.78, 5) is 0. The fourth-order valence-corrected chi connectivity index (χ4v) is 0. The smallest absolute Gasteiger partial charge is 0.0564 e. The molecule has 0 saturated carbocycles. The van der Waals surface area contributed by atoms with Crippen LogP contribution >= 0.6 is 48.0 Å². The Balaban J connectivity index is -0.0000000300. The minimum atomic E-state index is 0. The zero-order valence-corrected chi connectivity index (χ0v) is 12.3. The van der Waals surface area contributed by atoms with Crippen LogP contribution in [0.1, 0.15) is 53.4 Å². The van der Waals surface area contributed by atoms with E-state index in [0.29, 0.717) is 0 Å². The van der Waals surface area contributed by atoms with Crippen LogP contribution < -0.4 is 0 Å². The van der Waals surface area contributed by atoms with E-state index in [-0.39, 0.29) is 48.0 Å². The van der Waals surface area contributed by atoms with Crippen LogP contribution in [0.15, 0.2) is 0 Å². The molecule has 0 atom stereocenters. The topological polar surface area (TPSA) is 0 Å². The molecule has 0 aliphatic rings. The van der Waals surface area contributed by atoms with Crippen LogP contribution in [-0.4, -0.2) is 0 Å². The maximum Gasteiger partial charge on any atom is -0.0564 e. The molecule has 0 amide bonds. The van der Waals surface area contributed by atoms with E-state index in [4.69, 9.17) is 0 Å². The van der Waals surface area contributed by atoms with Crippen molar-refractivity contribution in [2.45, 2.75) is 53.4 Å². The summed E-state index contributed by atoms with van der Waals surface area (Å²) in [6.45, 7) is 8.72. The van der Waals surface area contributed by atoms with Crippen LogP contribution in [0.3, 0.4) is 0 Å². The Hall–Kier alpha value is 1.46. The first kappa shape index (κ1) is 22.5. The third kappa shape index (κ3) is 56.6. The summed E-state index contributed by atoms with van der Waals surface area (Å²) in [5, 5.41) is 0. The minimum absolute atomic E-state index is 0. The molecule has 0 fully saturated rings. The zero-order chi connectivity index (χ0) is 6.83. The molecule has 0 rings (SSSR count). The molecule has 0 saturated heterocycles. The lowest BCUT2D eigenvalue weighted by Crippen LogP contribution is -1.47. The maximum absolute atomic E-state index is 2.18. The molecule has 0 aromatic heterocycles. The van der Waals surface area contributed by atoms with Crippen molar-refractivity contribution >= 4 is 48.0 Å². The van der Waals surface area contributed by atoms with E-state index in [2.05, 4.69) is 27.7 Å². The van der Waals surface area contributed by atoms with Crippen molar-refractivity contribution in [3.05, 3.63) is 0 Å². The second kappa shape index (κ2) is 31.4. The molecular weight excluding hydrogens is 350 g/mol. The third-order valence-electron chi connectivity index (χ3n) is 1.000. The first-order valence-corrected chi connectivity index (χ1v) is 3.83. The number of hydrogen-bond donors (Lipinski definition) is 0. The first-order chi connectivity index (χ1) is 3.83. The number of hydrogen-bond acceptors (Lipinski definition) is 0. The van der Waals surface area contributed by atoms with E-state index in [1.54, 1.807) is 0 Å². The first-order valence-electron chi connectivity index (χ1n) is 3.83. The van der Waals surface area contributed by atoms with E-state index >= 15 is 0 Å². The Labute approximate surface area is 101 Å². The molecule has 68 valence electrons. The highest BCUT2D eigenvalue weighted by Crippen LogP contribution is 1.77. The second-order valence-electron chi connectivity index (χ2n) is 2.00. The van der Waals surface area contributed by atoms with Gasteiger partial charge in [0.1, 0.15) is 0 Å². The van der Waals surface area contributed by atoms with Crippen LogP contribution in [0.4, 0.5) is 0 Å². The fraction of sp³-hybridized carbons (Fsp3) is 1.00. The van der Waals surface area contributed by atoms with Crippen LogP contribution in [0.5, 0.6) is 0 Å². The van der Waals surface area contributed by atoms with Crippen molar-refractivity contribution in [3.8, 4) is 0 Å². The normalized spacial score (nSPS) is 6.00. The lowest BCUT2D eigenvalue weighted by atomic mass is 10.4. The van der Waals surface area contributed by atoms with Gasteiger partial charge in [-0.15, -0.1) is 48.0 Å². The fourth-order valence-electron chi connectivity index (χ4n) is 0. The third-order valence-corrected chi connectivity index (χ3v) is 1.000. The van der Waals surface area contributed by atoms with E-state index < -0.39 is 0 Å². The standard InChI is InChI=1S/2C4H10.2HI/c2*1-3-4-2;;/h2*3-4H2,1-2H3;2*1H. The SMILES string of the molecule is CCCC.CCCC.I.I. The van der Waals surface area contributed by atoms with Gasteiger partial charge in [0.25, 0.3) is 0 Å². The molecule has 0 aromatic rings. The Morgan fingerprint density at radius 3 is 0.600 bits per heavy atom. The van der Waals surface area contributed by atoms with E-state index in [1.165, 1.54) is 25.7 Å². The molecule has 0 spiro atoms. The molecule has 0 radical (unpaired) electrons. The number of unbranched alkanes of at least 4 members (excludes halogenated alkanes) is 2. The van der Waals surface area contributed by atoms with E-state index in [1.807, 2.05) is 0 Å². The predicted octanol–water partition coefficient (Wildman–Crippen LogP) is 4.85. The van der Waals surface area contributed by atoms with Crippen molar-refractivity contribution in [1.82, 2.24) is 0 Å². The quantitative estimate of drug-likeness (QED) is 0.608. The number of rotatable bonds is 2. The number of halogens is 2. The van der Waals surface area contributed by atoms with Gasteiger partial charge >= 0.3 is 0 Å². The molecular formula is C8H22I2. The highest BCUT2D eigenvalue weighted by Gasteiger charge is 1.56. The van der Waals surface area contributed by atoms with Crippen LogP contribution in [0.25, 0.3) is 0 Å². The van der Waals surface area contributed by atoms with Gasteiger partial charge in [-0.25, -0.2) is 0 Å². The molecule has 0 heterocycles.